The minimum Gasteiger partial charge on any atom is -0.483 e. The van der Waals surface area contributed by atoms with Crippen LogP contribution in [0.2, 0.25) is 0 Å². The van der Waals surface area contributed by atoms with Crippen molar-refractivity contribution < 1.29 is 24.5 Å². The fourth-order valence-electron chi connectivity index (χ4n) is 1.78. The van der Waals surface area contributed by atoms with Gasteiger partial charge in [0.1, 0.15) is 36.6 Å². The van der Waals surface area contributed by atoms with Crippen molar-refractivity contribution in [1.29, 1.82) is 0 Å². The average Bonchev–Trinajstić information content (AvgIpc) is 3.29. The molecule has 0 saturated heterocycles. The van der Waals surface area contributed by atoms with Crippen LogP contribution in [0, 0.1) is 6.57 Å². The fourth-order valence-corrected chi connectivity index (χ4v) is 1.78. The van der Waals surface area contributed by atoms with E-state index < -0.39 is 0 Å². The van der Waals surface area contributed by atoms with Crippen LogP contribution in [0.5, 0.6) is 11.8 Å². The maximum absolute atomic E-state index is 8.58. The number of aromatic nitrogens is 6. The van der Waals surface area contributed by atoms with Crippen LogP contribution in [0.1, 0.15) is 7.43 Å². The largest absolute Gasteiger partial charge is 0.483 e. The summed E-state index contributed by atoms with van der Waals surface area (Å²) in [5, 5.41) is 30.1. The van der Waals surface area contributed by atoms with Gasteiger partial charge in [-0.25, -0.2) is 14.8 Å². The molecule has 164 valence electrons. The Morgan fingerprint density at radius 1 is 1.10 bits per heavy atom. The topological polar surface area (TPSA) is 242 Å². The second-order valence-electron chi connectivity index (χ2n) is 4.69. The molecule has 10 N–H and O–H groups in total. The molecule has 0 spiro atoms. The predicted molar refractivity (Wildman–Crippen MR) is 108 cm³/mol. The van der Waals surface area contributed by atoms with Crippen molar-refractivity contribution in [1.82, 2.24) is 30.4 Å². The summed E-state index contributed by atoms with van der Waals surface area (Å²) in [5.74, 6) is 0.929. The van der Waals surface area contributed by atoms with Crippen molar-refractivity contribution in [3.05, 3.63) is 17.7 Å². The molecule has 0 radical (unpaired) electrons. The third kappa shape index (κ3) is 7.10. The van der Waals surface area contributed by atoms with E-state index in [0.717, 1.165) is 0 Å². The molecule has 30 heavy (non-hydrogen) atoms. The maximum Gasteiger partial charge on any atom is 0.288 e. The van der Waals surface area contributed by atoms with Gasteiger partial charge in [-0.1, -0.05) is 7.43 Å². The van der Waals surface area contributed by atoms with Crippen LogP contribution in [0.25, 0.3) is 15.9 Å². The van der Waals surface area contributed by atoms with E-state index in [9.17, 15) is 0 Å². The summed E-state index contributed by atoms with van der Waals surface area (Å²) >= 11 is 0. The molecule has 0 atom stereocenters. The molecular weight excluding hydrogens is 400 g/mol. The van der Waals surface area contributed by atoms with Gasteiger partial charge in [0.2, 0.25) is 18.2 Å². The number of amides is 1. The Morgan fingerprint density at radius 2 is 1.67 bits per heavy atom. The zero-order chi connectivity index (χ0) is 21.6. The first kappa shape index (κ1) is 25.8. The number of aliphatic hydroxyl groups is 2. The highest BCUT2D eigenvalue weighted by Gasteiger charge is 2.12. The molecule has 0 unspecified atom stereocenters. The van der Waals surface area contributed by atoms with Crippen molar-refractivity contribution in [2.24, 2.45) is 5.73 Å². The quantitative estimate of drug-likeness (QED) is 0.186. The Balaban J connectivity index is 0.000000487. The number of aromatic amines is 2. The van der Waals surface area contributed by atoms with Crippen molar-refractivity contribution in [2.75, 3.05) is 37.9 Å². The first-order chi connectivity index (χ1) is 14.0. The van der Waals surface area contributed by atoms with Gasteiger partial charge in [0.05, 0.1) is 19.8 Å². The number of anilines is 2. The SMILES string of the molecule is C.NC=O.Nc1ncnc2[nH]nc(OCCO)c12.[C-]#[N+]c1c(OCCO)n[nH]c1N. The highest BCUT2D eigenvalue weighted by molar-refractivity contribution is 5.89. The number of H-pyrrole nitrogens is 2. The van der Waals surface area contributed by atoms with Crippen molar-refractivity contribution in [3.63, 3.8) is 0 Å². The van der Waals surface area contributed by atoms with E-state index in [1.807, 2.05) is 0 Å². The third-order valence-electron chi connectivity index (χ3n) is 2.86. The van der Waals surface area contributed by atoms with E-state index in [-0.39, 0.29) is 57.6 Å². The normalized spacial score (nSPS) is 9.10. The van der Waals surface area contributed by atoms with E-state index >= 15 is 0 Å². The summed E-state index contributed by atoms with van der Waals surface area (Å²) in [5.41, 5.74) is 15.8. The molecular formula is C15H24N10O5. The van der Waals surface area contributed by atoms with Gasteiger partial charge < -0.3 is 36.9 Å². The van der Waals surface area contributed by atoms with Crippen LogP contribution >= 0.6 is 0 Å². The summed E-state index contributed by atoms with van der Waals surface area (Å²) in [6.45, 7) is 6.78. The molecule has 0 aliphatic heterocycles. The number of nitrogens with zero attached hydrogens (tertiary/aromatic N) is 5. The molecule has 3 aromatic rings. The molecule has 15 nitrogen and oxygen atoms in total. The number of hydrogen-bond acceptors (Lipinski definition) is 11. The van der Waals surface area contributed by atoms with Crippen molar-refractivity contribution in [3.8, 4) is 11.8 Å². The minimum atomic E-state index is -0.121. The van der Waals surface area contributed by atoms with Gasteiger partial charge in [-0.2, -0.15) is 0 Å². The minimum absolute atomic E-state index is 0. The molecule has 3 aromatic heterocycles. The standard InChI is InChI=1S/C7H9N5O2.C6H8N4O2.CH3NO.CH4/c8-5-4-6(10-3-9-5)11-12-7(4)14-2-1-13;1-8-4-5(7)9-10-6(4)12-3-2-11;2-1-3;/h3,13H,1-2H2,(H3,8,9,10,11,12);11H,2-3H2,(H3,7,9,10);1H,(H2,2,3);1H4. The van der Waals surface area contributed by atoms with Gasteiger partial charge in [0.25, 0.3) is 5.69 Å². The number of carbonyl (C=O) groups excluding carboxylic acids is 1. The Labute approximate surface area is 171 Å². The van der Waals surface area contributed by atoms with E-state index in [1.54, 1.807) is 0 Å². The molecule has 3 heterocycles. The summed E-state index contributed by atoms with van der Waals surface area (Å²) < 4.78 is 10.0. The molecule has 0 saturated carbocycles. The Bertz CT molecular complexity index is 936. The fraction of sp³-hybridized carbons (Fsp3) is 0.333. The highest BCUT2D eigenvalue weighted by Crippen LogP contribution is 2.30. The number of primary amides is 1. The smallest absolute Gasteiger partial charge is 0.288 e. The van der Waals surface area contributed by atoms with E-state index in [1.165, 1.54) is 6.33 Å². The van der Waals surface area contributed by atoms with E-state index in [2.05, 4.69) is 40.9 Å². The summed E-state index contributed by atoms with van der Waals surface area (Å²) in [7, 11) is 0. The van der Waals surface area contributed by atoms with Crippen molar-refractivity contribution >= 4 is 34.8 Å². The van der Waals surface area contributed by atoms with Gasteiger partial charge in [0, 0.05) is 0 Å². The van der Waals surface area contributed by atoms with Crippen LogP contribution in [-0.2, 0) is 4.79 Å². The lowest BCUT2D eigenvalue weighted by atomic mass is 10.4. The number of rotatable bonds is 6. The highest BCUT2D eigenvalue weighted by atomic mass is 16.5. The Morgan fingerprint density at radius 3 is 2.23 bits per heavy atom. The van der Waals surface area contributed by atoms with Crippen LogP contribution in [0.3, 0.4) is 0 Å². The molecule has 3 rings (SSSR count). The van der Waals surface area contributed by atoms with Crippen LogP contribution in [0.15, 0.2) is 6.33 Å². The Kier molecular flexibility index (Phi) is 12.0. The first-order valence-electron chi connectivity index (χ1n) is 7.82. The summed E-state index contributed by atoms with van der Waals surface area (Å²) in [4.78, 5) is 19.4. The summed E-state index contributed by atoms with van der Waals surface area (Å²) in [6, 6.07) is 0. The van der Waals surface area contributed by atoms with Crippen LogP contribution < -0.4 is 26.7 Å². The van der Waals surface area contributed by atoms with E-state index in [0.29, 0.717) is 22.7 Å². The number of aliphatic hydroxyl groups excluding tert-OH is 2. The lowest BCUT2D eigenvalue weighted by molar-refractivity contribution is -0.106. The van der Waals surface area contributed by atoms with Gasteiger partial charge in [0.15, 0.2) is 5.65 Å². The average molecular weight is 424 g/mol. The predicted octanol–water partition coefficient (Wildman–Crippen LogP) is -1.04. The second-order valence-corrected chi connectivity index (χ2v) is 4.69. The molecule has 0 aliphatic carbocycles. The number of nitrogens with two attached hydrogens (primary N) is 3. The molecule has 0 bridgehead atoms. The number of ether oxygens (including phenoxy) is 2. The van der Waals surface area contributed by atoms with Gasteiger partial charge >= 0.3 is 0 Å². The zero-order valence-corrected chi connectivity index (χ0v) is 15.1. The van der Waals surface area contributed by atoms with Gasteiger partial charge in [-0.15, -0.1) is 10.2 Å². The monoisotopic (exact) mass is 424 g/mol. The lowest BCUT2D eigenvalue weighted by Gasteiger charge is -2.00. The molecule has 0 aromatic carbocycles. The number of carbonyl (C=O) groups is 1. The van der Waals surface area contributed by atoms with Crippen LogP contribution in [-0.4, -0.2) is 73.4 Å². The van der Waals surface area contributed by atoms with Crippen molar-refractivity contribution in [2.45, 2.75) is 7.43 Å². The maximum atomic E-state index is 8.58. The first-order valence-corrected chi connectivity index (χ1v) is 7.82. The number of nitrogens with one attached hydrogen (secondary N) is 2. The molecule has 0 aliphatic rings. The van der Waals surface area contributed by atoms with E-state index in [4.69, 9.17) is 42.5 Å². The molecule has 1 amide bonds. The van der Waals surface area contributed by atoms with Crippen LogP contribution in [0.4, 0.5) is 17.3 Å². The summed E-state index contributed by atoms with van der Waals surface area (Å²) in [6.07, 6.45) is 1.59. The molecule has 15 heteroatoms. The Hall–Kier alpha value is -4.16. The van der Waals surface area contributed by atoms with Gasteiger partial charge in [-0.05, 0) is 0 Å². The number of hydrogen-bond donors (Lipinski definition) is 7. The number of nitrogen functional groups attached to an aromatic ring is 2. The third-order valence-corrected chi connectivity index (χ3v) is 2.86. The lowest BCUT2D eigenvalue weighted by Crippen LogP contribution is -2.02. The number of fused-ring (bicyclic) bond motifs is 1. The second kappa shape index (κ2) is 13.9. The molecule has 0 fully saturated rings. The van der Waals surface area contributed by atoms with Gasteiger partial charge in [-0.3, -0.25) is 15.0 Å². The zero-order valence-electron chi connectivity index (χ0n) is 15.1.